The van der Waals surface area contributed by atoms with Crippen LogP contribution in [0.4, 0.5) is 0 Å². The zero-order valence-corrected chi connectivity index (χ0v) is 33.3. The van der Waals surface area contributed by atoms with Crippen LogP contribution in [0.15, 0.2) is 12.2 Å². The van der Waals surface area contributed by atoms with E-state index >= 15 is 0 Å². The summed E-state index contributed by atoms with van der Waals surface area (Å²) in [6.07, 6.45) is -21.1. The molecule has 0 aromatic heterocycles. The van der Waals surface area contributed by atoms with E-state index in [1.54, 1.807) is 6.08 Å². The molecule has 0 amide bonds. The van der Waals surface area contributed by atoms with Crippen molar-refractivity contribution in [3.05, 3.63) is 12.2 Å². The van der Waals surface area contributed by atoms with Crippen LogP contribution in [0, 0.1) is 17.8 Å². The highest BCUT2D eigenvalue weighted by molar-refractivity contribution is 5.90. The predicted octanol–water partition coefficient (Wildman–Crippen LogP) is -5.03. The van der Waals surface area contributed by atoms with Gasteiger partial charge in [0.25, 0.3) is 0 Å². The molecule has 348 valence electrons. The van der Waals surface area contributed by atoms with Gasteiger partial charge in [0.1, 0.15) is 74.6 Å². The minimum Gasteiger partial charge on any atom is -0.481 e. The average molecular weight is 882 g/mol. The van der Waals surface area contributed by atoms with E-state index in [1.807, 2.05) is 0 Å². The Morgan fingerprint density at radius 2 is 1.18 bits per heavy atom. The van der Waals surface area contributed by atoms with E-state index in [0.717, 1.165) is 6.08 Å². The van der Waals surface area contributed by atoms with E-state index in [-0.39, 0.29) is 50.4 Å². The fourth-order valence-corrected chi connectivity index (χ4v) is 9.43. The van der Waals surface area contributed by atoms with Crippen LogP contribution in [-0.4, -0.2) is 213 Å². The highest BCUT2D eigenvalue weighted by Gasteiger charge is 2.57. The van der Waals surface area contributed by atoms with Crippen LogP contribution >= 0.6 is 0 Å². The van der Waals surface area contributed by atoms with E-state index in [2.05, 4.69) is 0 Å². The maximum atomic E-state index is 12.6. The van der Waals surface area contributed by atoms with Gasteiger partial charge in [-0.25, -0.2) is 4.79 Å². The molecule has 13 N–H and O–H groups in total. The molecule has 0 aromatic carbocycles. The molecule has 0 aromatic rings. The van der Waals surface area contributed by atoms with Crippen LogP contribution in [0.3, 0.4) is 0 Å². The van der Waals surface area contributed by atoms with Crippen molar-refractivity contribution >= 4 is 17.9 Å². The smallest absolute Gasteiger partial charge is 0.330 e. The Morgan fingerprint density at radius 1 is 0.607 bits per heavy atom. The summed E-state index contributed by atoms with van der Waals surface area (Å²) >= 11 is 0. The van der Waals surface area contributed by atoms with Crippen LogP contribution < -0.4 is 0 Å². The summed E-state index contributed by atoms with van der Waals surface area (Å²) in [5, 5.41) is 125. The first-order valence-electron chi connectivity index (χ1n) is 20.9. The lowest BCUT2D eigenvalue weighted by Gasteiger charge is -2.50. The van der Waals surface area contributed by atoms with E-state index in [9.17, 15) is 70.6 Å². The maximum Gasteiger partial charge on any atom is 0.330 e. The fraction of sp³-hybridized carbons (Fsp3) is 0.872. The SMILES string of the molecule is O=C(O)CC(=O)OC[C@@H]1O[C@@H](OC2CC(O)CC3[OH+]C(C4CCC(O)C(O)C4)C(O[C@H]4O[C@@H](COC(=O)C=CC5CCC(O)C(O)C5)[C@H](O)[C@@H](O)[C@@H]4O)CC23)[C@@H](O)[C@H](O)[C@H]1O. The second-order valence-electron chi connectivity index (χ2n) is 17.3. The van der Waals surface area contributed by atoms with Crippen molar-refractivity contribution in [2.24, 2.45) is 17.8 Å². The van der Waals surface area contributed by atoms with Gasteiger partial charge in [0.2, 0.25) is 0 Å². The Hall–Kier alpha value is -2.49. The molecule has 3 saturated carbocycles. The molecule has 6 fully saturated rings. The number of carbonyl (C=O) groups excluding carboxylic acids is 2. The van der Waals surface area contributed by atoms with Gasteiger partial charge in [-0.1, -0.05) is 6.08 Å². The number of rotatable bonds is 13. The van der Waals surface area contributed by atoms with E-state index in [0.29, 0.717) is 19.3 Å². The van der Waals surface area contributed by atoms with Crippen LogP contribution in [0.25, 0.3) is 0 Å². The number of carbonyl (C=O) groups is 3. The summed E-state index contributed by atoms with van der Waals surface area (Å²) in [4.78, 5) is 35.4. The minimum absolute atomic E-state index is 0.0233. The summed E-state index contributed by atoms with van der Waals surface area (Å²) in [6, 6.07) is 0. The molecule has 3 heterocycles. The molecule has 22 heteroatoms. The molecule has 22 nitrogen and oxygen atoms in total. The monoisotopic (exact) mass is 881 g/mol. The van der Waals surface area contributed by atoms with Crippen LogP contribution in [-0.2, 0) is 42.8 Å². The summed E-state index contributed by atoms with van der Waals surface area (Å²) in [6.45, 7) is -1.25. The quantitative estimate of drug-likeness (QED) is 0.0356. The summed E-state index contributed by atoms with van der Waals surface area (Å²) < 4.78 is 39.5. The number of allylic oxidation sites excluding steroid dienone is 1. The number of aliphatic carboxylic acids is 1. The molecule has 3 saturated heterocycles. The first-order valence-corrected chi connectivity index (χ1v) is 20.9. The van der Waals surface area contributed by atoms with Gasteiger partial charge in [-0.2, -0.15) is 0 Å². The topological polar surface area (TPSA) is 362 Å². The van der Waals surface area contributed by atoms with Gasteiger partial charge < -0.3 is 94.4 Å². The van der Waals surface area contributed by atoms with Crippen LogP contribution in [0.2, 0.25) is 0 Å². The highest BCUT2D eigenvalue weighted by Crippen LogP contribution is 2.44. The number of carboxylic acid groups (broad SMARTS) is 1. The normalized spacial score (nSPS) is 47.0. The zero-order valence-electron chi connectivity index (χ0n) is 33.3. The van der Waals surface area contributed by atoms with Crippen LogP contribution in [0.1, 0.15) is 64.2 Å². The number of carboxylic acids is 1. The Labute approximate surface area is 350 Å². The van der Waals surface area contributed by atoms with Crippen molar-refractivity contribution in [1.29, 1.82) is 0 Å². The molecule has 0 bridgehead atoms. The van der Waals surface area contributed by atoms with Gasteiger partial charge in [0.05, 0.1) is 42.5 Å². The second kappa shape index (κ2) is 21.0. The highest BCUT2D eigenvalue weighted by atomic mass is 16.7. The largest absolute Gasteiger partial charge is 0.481 e. The van der Waals surface area contributed by atoms with E-state index in [1.165, 1.54) is 0 Å². The molecule has 3 aliphatic carbocycles. The van der Waals surface area contributed by atoms with Gasteiger partial charge in [-0.3, -0.25) is 9.59 Å². The van der Waals surface area contributed by atoms with Gasteiger partial charge in [-0.15, -0.1) is 0 Å². The number of hydrogen-bond donors (Lipinski definition) is 12. The Kier molecular flexibility index (Phi) is 16.5. The maximum absolute atomic E-state index is 12.6. The van der Waals surface area contributed by atoms with Crippen molar-refractivity contribution < 1.29 is 109 Å². The molecule has 12 unspecified atom stereocenters. The Balaban J connectivity index is 1.16. The molecule has 22 atom stereocenters. The van der Waals surface area contributed by atoms with E-state index < -0.39 is 160 Å². The summed E-state index contributed by atoms with van der Waals surface area (Å²) in [5.74, 6) is -4.57. The van der Waals surface area contributed by atoms with Crippen molar-refractivity contribution in [2.45, 2.75) is 181 Å². The fourth-order valence-electron chi connectivity index (χ4n) is 9.43. The Morgan fingerprint density at radius 3 is 1.77 bits per heavy atom. The van der Waals surface area contributed by atoms with Crippen molar-refractivity contribution in [3.63, 3.8) is 0 Å². The first-order chi connectivity index (χ1) is 28.9. The first kappa shape index (κ1) is 48.0. The number of fused-ring (bicyclic) bond motifs is 1. The van der Waals surface area contributed by atoms with Gasteiger partial charge in [0.15, 0.2) is 24.8 Å². The van der Waals surface area contributed by atoms with E-state index in [4.69, 9.17) is 38.3 Å². The molecule has 6 aliphatic rings. The standard InChI is InChI=1S/C39H60O22/c40-17-9-23-18(24(10-17)58-38-35(53)33(51)32(50)27(60-38)14-56-30(48)12-28(45)46)11-25(37(57-23)16-3-5-20(42)22(44)8-16)59-39-36(54)34(52)31(49)26(61-39)13-55-29(47)6-2-15-1-4-19(41)21(43)7-15/h2,6,15-27,31-44,49-54H,1,3-5,7-14H2,(H,45,46)/p+1/t15?,16?,17?,18?,19?,20?,21?,22?,23?,24?,25?,26-,27-,31-,32-,33+,34+,35-,36-,37?,38+,39-/m0/s1. The number of hydrogen-bond acceptors (Lipinski definition) is 20. The summed E-state index contributed by atoms with van der Waals surface area (Å²) in [7, 11) is 0. The van der Waals surface area contributed by atoms with Crippen molar-refractivity contribution in [3.8, 4) is 0 Å². The third-order valence-electron chi connectivity index (χ3n) is 12.9. The number of aliphatic hydroxyl groups is 13. The lowest BCUT2D eigenvalue weighted by Crippen LogP contribution is -2.64. The third kappa shape index (κ3) is 11.8. The van der Waals surface area contributed by atoms with Crippen molar-refractivity contribution in [2.75, 3.05) is 13.2 Å². The zero-order chi connectivity index (χ0) is 44.3. The van der Waals surface area contributed by atoms with Gasteiger partial charge >= 0.3 is 17.9 Å². The van der Waals surface area contributed by atoms with Crippen LogP contribution in [0.5, 0.6) is 0 Å². The molecular weight excluding hydrogens is 820 g/mol. The Bertz CT molecular complexity index is 1500. The number of esters is 2. The molecule has 0 spiro atoms. The molecular formula is C39H61O22+. The molecule has 0 radical (unpaired) electrons. The number of ether oxygens (including phenoxy) is 7. The number of aliphatic hydroxyl groups excluding tert-OH is 11. The molecule has 61 heavy (non-hydrogen) atoms. The second-order valence-corrected chi connectivity index (χ2v) is 17.3. The molecule has 3 aliphatic heterocycles. The lowest BCUT2D eigenvalue weighted by molar-refractivity contribution is -0.367. The van der Waals surface area contributed by atoms with Gasteiger partial charge in [0, 0.05) is 24.8 Å². The van der Waals surface area contributed by atoms with Gasteiger partial charge in [-0.05, 0) is 50.9 Å². The third-order valence-corrected chi connectivity index (χ3v) is 12.9. The lowest BCUT2D eigenvalue weighted by atomic mass is 9.72. The molecule has 6 rings (SSSR count). The van der Waals surface area contributed by atoms with Crippen molar-refractivity contribution in [1.82, 2.24) is 0 Å². The minimum atomic E-state index is -1.85. The summed E-state index contributed by atoms with van der Waals surface area (Å²) in [5.41, 5.74) is 0. The average Bonchev–Trinajstić information content (AvgIpc) is 3.21. The predicted molar refractivity (Wildman–Crippen MR) is 198 cm³/mol.